The Morgan fingerprint density at radius 2 is 1.80 bits per heavy atom. The first-order valence-electron chi connectivity index (χ1n) is 10.2. The van der Waals surface area contributed by atoms with Gasteiger partial charge in [-0.05, 0) is 49.9 Å². The standard InChI is InChI=1S/C24H31ClN2O3/c1-16(2)13-26-24(29)19(5)27(14-20-8-6-7-9-21(20)25)23(28)15-30-22-11-10-17(3)12-18(22)4/h6-12,16,19H,13-15H2,1-5H3,(H,26,29)/t19-/m0/s1. The molecule has 0 aromatic heterocycles. The number of hydrogen-bond acceptors (Lipinski definition) is 3. The Morgan fingerprint density at radius 3 is 2.43 bits per heavy atom. The second-order valence-corrected chi connectivity index (χ2v) is 8.39. The molecule has 0 aliphatic heterocycles. The van der Waals surface area contributed by atoms with Gasteiger partial charge in [0.1, 0.15) is 11.8 Å². The van der Waals surface area contributed by atoms with Crippen LogP contribution in [0, 0.1) is 19.8 Å². The fraction of sp³-hybridized carbons (Fsp3) is 0.417. The highest BCUT2D eigenvalue weighted by Gasteiger charge is 2.27. The number of nitrogens with one attached hydrogen (secondary N) is 1. The van der Waals surface area contributed by atoms with Crippen LogP contribution in [0.25, 0.3) is 0 Å². The topological polar surface area (TPSA) is 58.6 Å². The number of benzene rings is 2. The number of carbonyl (C=O) groups excluding carboxylic acids is 2. The normalized spacial score (nSPS) is 11.8. The van der Waals surface area contributed by atoms with Crippen LogP contribution in [0.3, 0.4) is 0 Å². The summed E-state index contributed by atoms with van der Waals surface area (Å²) < 4.78 is 5.77. The van der Waals surface area contributed by atoms with Gasteiger partial charge in [0.25, 0.3) is 5.91 Å². The van der Waals surface area contributed by atoms with Crippen molar-refractivity contribution in [3.8, 4) is 5.75 Å². The highest BCUT2D eigenvalue weighted by Crippen LogP contribution is 2.21. The number of hydrogen-bond donors (Lipinski definition) is 1. The number of halogens is 1. The van der Waals surface area contributed by atoms with E-state index in [-0.39, 0.29) is 25.0 Å². The van der Waals surface area contributed by atoms with E-state index >= 15 is 0 Å². The van der Waals surface area contributed by atoms with Gasteiger partial charge in [0.05, 0.1) is 0 Å². The maximum Gasteiger partial charge on any atom is 0.261 e. The molecule has 0 spiro atoms. The maximum atomic E-state index is 13.1. The third kappa shape index (κ3) is 6.77. The van der Waals surface area contributed by atoms with E-state index in [0.717, 1.165) is 16.7 Å². The van der Waals surface area contributed by atoms with Gasteiger partial charge in [-0.3, -0.25) is 9.59 Å². The van der Waals surface area contributed by atoms with Crippen molar-refractivity contribution >= 4 is 23.4 Å². The molecule has 2 rings (SSSR count). The molecule has 162 valence electrons. The summed E-state index contributed by atoms with van der Waals surface area (Å²) in [5.41, 5.74) is 2.87. The molecule has 2 amide bonds. The second-order valence-electron chi connectivity index (χ2n) is 7.99. The number of nitrogens with zero attached hydrogens (tertiary/aromatic N) is 1. The summed E-state index contributed by atoms with van der Waals surface area (Å²) in [4.78, 5) is 27.2. The minimum absolute atomic E-state index is 0.157. The Balaban J connectivity index is 2.17. The Bertz CT molecular complexity index is 883. The fourth-order valence-corrected chi connectivity index (χ4v) is 3.22. The Hall–Kier alpha value is -2.53. The average Bonchev–Trinajstić information content (AvgIpc) is 2.70. The lowest BCUT2D eigenvalue weighted by Gasteiger charge is -2.29. The van der Waals surface area contributed by atoms with Gasteiger partial charge in [0, 0.05) is 18.1 Å². The third-order valence-electron chi connectivity index (χ3n) is 4.83. The molecule has 2 aromatic rings. The van der Waals surface area contributed by atoms with E-state index in [1.807, 2.05) is 64.1 Å². The quantitative estimate of drug-likeness (QED) is 0.636. The molecule has 1 atom stereocenters. The molecule has 0 saturated carbocycles. The Labute approximate surface area is 184 Å². The molecule has 30 heavy (non-hydrogen) atoms. The minimum Gasteiger partial charge on any atom is -0.483 e. The van der Waals surface area contributed by atoms with Gasteiger partial charge in [0.15, 0.2) is 6.61 Å². The van der Waals surface area contributed by atoms with Crippen molar-refractivity contribution in [2.75, 3.05) is 13.2 Å². The first kappa shape index (κ1) is 23.7. The van der Waals surface area contributed by atoms with Crippen LogP contribution in [-0.4, -0.2) is 35.9 Å². The molecule has 1 N–H and O–H groups in total. The summed E-state index contributed by atoms with van der Waals surface area (Å²) in [5, 5.41) is 3.46. The molecular formula is C24H31ClN2O3. The van der Waals surface area contributed by atoms with Gasteiger partial charge in [0.2, 0.25) is 5.91 Å². The second kappa shape index (κ2) is 11.0. The average molecular weight is 431 g/mol. The van der Waals surface area contributed by atoms with E-state index in [1.165, 1.54) is 4.90 Å². The largest absolute Gasteiger partial charge is 0.483 e. The lowest BCUT2D eigenvalue weighted by atomic mass is 10.1. The minimum atomic E-state index is -0.657. The number of ether oxygens (including phenoxy) is 1. The van der Waals surface area contributed by atoms with Gasteiger partial charge in [-0.2, -0.15) is 0 Å². The van der Waals surface area contributed by atoms with Gasteiger partial charge in [-0.15, -0.1) is 0 Å². The van der Waals surface area contributed by atoms with Crippen LogP contribution < -0.4 is 10.1 Å². The smallest absolute Gasteiger partial charge is 0.261 e. The molecular weight excluding hydrogens is 400 g/mol. The van der Waals surface area contributed by atoms with E-state index in [1.54, 1.807) is 13.0 Å². The predicted octanol–water partition coefficient (Wildman–Crippen LogP) is 4.53. The highest BCUT2D eigenvalue weighted by molar-refractivity contribution is 6.31. The lowest BCUT2D eigenvalue weighted by molar-refractivity contribution is -0.142. The summed E-state index contributed by atoms with van der Waals surface area (Å²) in [6.45, 7) is 10.3. The van der Waals surface area contributed by atoms with E-state index in [0.29, 0.717) is 23.2 Å². The predicted molar refractivity (Wildman–Crippen MR) is 121 cm³/mol. The van der Waals surface area contributed by atoms with Gasteiger partial charge < -0.3 is 15.0 Å². The van der Waals surface area contributed by atoms with Crippen molar-refractivity contribution < 1.29 is 14.3 Å². The van der Waals surface area contributed by atoms with E-state index < -0.39 is 6.04 Å². The van der Waals surface area contributed by atoms with Crippen LogP contribution in [-0.2, 0) is 16.1 Å². The molecule has 0 saturated heterocycles. The first-order chi connectivity index (χ1) is 14.2. The number of aryl methyl sites for hydroxylation is 2. The molecule has 0 aliphatic carbocycles. The van der Waals surface area contributed by atoms with Crippen LogP contribution in [0.15, 0.2) is 42.5 Å². The summed E-state index contributed by atoms with van der Waals surface area (Å²) in [5.74, 6) is 0.503. The van der Waals surface area contributed by atoms with Gasteiger partial charge >= 0.3 is 0 Å². The van der Waals surface area contributed by atoms with Crippen LogP contribution in [0.2, 0.25) is 5.02 Å². The zero-order valence-corrected chi connectivity index (χ0v) is 19.1. The molecule has 5 nitrogen and oxygen atoms in total. The molecule has 0 unspecified atom stereocenters. The number of carbonyl (C=O) groups is 2. The van der Waals surface area contributed by atoms with Crippen molar-refractivity contribution in [3.63, 3.8) is 0 Å². The number of rotatable bonds is 9. The van der Waals surface area contributed by atoms with Gasteiger partial charge in [-0.1, -0.05) is 61.3 Å². The van der Waals surface area contributed by atoms with Crippen molar-refractivity contribution in [1.82, 2.24) is 10.2 Å². The van der Waals surface area contributed by atoms with Crippen molar-refractivity contribution in [2.45, 2.75) is 47.2 Å². The third-order valence-corrected chi connectivity index (χ3v) is 5.20. The number of amides is 2. The maximum absolute atomic E-state index is 13.1. The fourth-order valence-electron chi connectivity index (χ4n) is 3.03. The van der Waals surface area contributed by atoms with Crippen molar-refractivity contribution in [3.05, 3.63) is 64.2 Å². The van der Waals surface area contributed by atoms with Crippen molar-refractivity contribution in [2.24, 2.45) is 5.92 Å². The van der Waals surface area contributed by atoms with Gasteiger partial charge in [-0.25, -0.2) is 0 Å². The lowest BCUT2D eigenvalue weighted by Crippen LogP contribution is -2.49. The molecule has 0 fully saturated rings. The first-order valence-corrected chi connectivity index (χ1v) is 10.6. The highest BCUT2D eigenvalue weighted by atomic mass is 35.5. The molecule has 0 bridgehead atoms. The molecule has 2 aromatic carbocycles. The molecule has 6 heteroatoms. The van der Waals surface area contributed by atoms with Crippen molar-refractivity contribution in [1.29, 1.82) is 0 Å². The monoisotopic (exact) mass is 430 g/mol. The summed E-state index contributed by atoms with van der Waals surface area (Å²) in [6, 6.07) is 12.5. The molecule has 0 radical (unpaired) electrons. The van der Waals surface area contributed by atoms with Crippen LogP contribution in [0.5, 0.6) is 5.75 Å². The zero-order chi connectivity index (χ0) is 22.3. The summed E-state index contributed by atoms with van der Waals surface area (Å²) >= 11 is 6.30. The SMILES string of the molecule is Cc1ccc(OCC(=O)N(Cc2ccccc2Cl)[C@@H](C)C(=O)NCC(C)C)c(C)c1. The zero-order valence-electron chi connectivity index (χ0n) is 18.4. The van der Waals surface area contributed by atoms with Crippen LogP contribution in [0.1, 0.15) is 37.5 Å². The Kier molecular flexibility index (Phi) is 8.72. The molecule has 0 heterocycles. The van der Waals surface area contributed by atoms with Crippen LogP contribution >= 0.6 is 11.6 Å². The van der Waals surface area contributed by atoms with Crippen LogP contribution in [0.4, 0.5) is 0 Å². The van der Waals surface area contributed by atoms with E-state index in [2.05, 4.69) is 5.32 Å². The summed E-state index contributed by atoms with van der Waals surface area (Å²) in [6.07, 6.45) is 0. The summed E-state index contributed by atoms with van der Waals surface area (Å²) in [7, 11) is 0. The molecule has 0 aliphatic rings. The Morgan fingerprint density at radius 1 is 1.10 bits per heavy atom. The van der Waals surface area contributed by atoms with E-state index in [9.17, 15) is 9.59 Å². The van der Waals surface area contributed by atoms with E-state index in [4.69, 9.17) is 16.3 Å².